The summed E-state index contributed by atoms with van der Waals surface area (Å²) in [5.41, 5.74) is 0.655. The van der Waals surface area contributed by atoms with Crippen molar-refractivity contribution in [3.8, 4) is 11.5 Å². The van der Waals surface area contributed by atoms with Crippen LogP contribution in [0.2, 0.25) is 0 Å². The molecule has 0 spiro atoms. The van der Waals surface area contributed by atoms with Gasteiger partial charge in [-0.1, -0.05) is 0 Å². The maximum absolute atomic E-state index is 12.3. The average molecular weight is 378 g/mol. The number of anilines is 1. The van der Waals surface area contributed by atoms with Gasteiger partial charge in [0.2, 0.25) is 0 Å². The number of piperidine rings is 1. The fourth-order valence-corrected chi connectivity index (χ4v) is 3.18. The third kappa shape index (κ3) is 6.75. The van der Waals surface area contributed by atoms with Gasteiger partial charge in [0.05, 0.1) is 20.3 Å². The van der Waals surface area contributed by atoms with Gasteiger partial charge in [-0.3, -0.25) is 9.59 Å². The molecule has 1 aliphatic rings. The molecular formula is C20H32N3O4+. The Balaban J connectivity index is 1.86. The Kier molecular flexibility index (Phi) is 8.39. The number of carbonyl (C=O) groups excluding carboxylic acids is 2. The van der Waals surface area contributed by atoms with Gasteiger partial charge in [0.15, 0.2) is 24.6 Å². The fraction of sp³-hybridized carbons (Fsp3) is 0.600. The maximum Gasteiger partial charge on any atom is 0.279 e. The van der Waals surface area contributed by atoms with Crippen LogP contribution in [0, 0.1) is 0 Å². The summed E-state index contributed by atoms with van der Waals surface area (Å²) in [6.07, 6.45) is 3.34. The van der Waals surface area contributed by atoms with Crippen molar-refractivity contribution in [2.45, 2.75) is 33.1 Å². The van der Waals surface area contributed by atoms with Gasteiger partial charge in [0, 0.05) is 24.8 Å². The van der Waals surface area contributed by atoms with Crippen LogP contribution in [-0.4, -0.2) is 63.2 Å². The van der Waals surface area contributed by atoms with E-state index in [-0.39, 0.29) is 18.4 Å². The molecular weight excluding hydrogens is 346 g/mol. The number of nitrogens with one attached hydrogen (secondary N) is 2. The Bertz CT molecular complexity index is 630. The monoisotopic (exact) mass is 378 g/mol. The summed E-state index contributed by atoms with van der Waals surface area (Å²) in [6, 6.07) is 5.35. The number of likely N-dealkylation sites (N-methyl/N-ethyl adjacent to an activating group) is 1. The van der Waals surface area contributed by atoms with Crippen molar-refractivity contribution < 1.29 is 24.0 Å². The first-order chi connectivity index (χ1) is 13.0. The van der Waals surface area contributed by atoms with Crippen molar-refractivity contribution in [3.05, 3.63) is 18.2 Å². The first kappa shape index (κ1) is 21.0. The fourth-order valence-electron chi connectivity index (χ4n) is 3.18. The molecule has 2 N–H and O–H groups in total. The summed E-state index contributed by atoms with van der Waals surface area (Å²) < 4.78 is 11.1. The minimum absolute atomic E-state index is 0.125. The molecule has 0 aliphatic carbocycles. The normalized spacial score (nSPS) is 15.1. The van der Waals surface area contributed by atoms with Crippen molar-refractivity contribution in [3.63, 3.8) is 0 Å². The predicted octanol–water partition coefficient (Wildman–Crippen LogP) is 0.950. The quantitative estimate of drug-likeness (QED) is 0.671. The highest BCUT2D eigenvalue weighted by molar-refractivity contribution is 5.92. The van der Waals surface area contributed by atoms with Crippen LogP contribution in [0.3, 0.4) is 0 Å². The molecule has 2 amide bonds. The van der Waals surface area contributed by atoms with Gasteiger partial charge in [0.1, 0.15) is 0 Å². The van der Waals surface area contributed by atoms with Crippen LogP contribution in [0.4, 0.5) is 5.69 Å². The van der Waals surface area contributed by atoms with Crippen LogP contribution < -0.4 is 19.7 Å². The van der Waals surface area contributed by atoms with E-state index in [4.69, 9.17) is 9.47 Å². The molecule has 0 bridgehead atoms. The van der Waals surface area contributed by atoms with Crippen LogP contribution in [0.5, 0.6) is 11.5 Å². The molecule has 1 unspecified atom stereocenters. The van der Waals surface area contributed by atoms with Crippen LogP contribution in [0.25, 0.3) is 0 Å². The van der Waals surface area contributed by atoms with Crippen LogP contribution in [0.15, 0.2) is 18.2 Å². The molecule has 0 saturated carbocycles. The Morgan fingerprint density at radius 1 is 1.04 bits per heavy atom. The number of amides is 2. The van der Waals surface area contributed by atoms with Gasteiger partial charge in [-0.25, -0.2) is 0 Å². The number of carbonyl (C=O) groups is 2. The minimum atomic E-state index is -0.134. The molecule has 150 valence electrons. The summed E-state index contributed by atoms with van der Waals surface area (Å²) in [5, 5.41) is 2.87. The van der Waals surface area contributed by atoms with Gasteiger partial charge in [0.25, 0.3) is 11.8 Å². The molecule has 1 saturated heterocycles. The molecule has 7 heteroatoms. The zero-order valence-electron chi connectivity index (χ0n) is 16.7. The lowest BCUT2D eigenvalue weighted by Crippen LogP contribution is -3.11. The standard InChI is InChI=1S/C20H31N3O4/c1-4-26-17-10-9-16(13-18(17)27-5-2)21-19(24)14-22(3)15-20(25)23-11-7-6-8-12-23/h9-10,13H,4-8,11-12,14-15H2,1-3H3,(H,21,24)/p+1. The molecule has 0 aromatic heterocycles. The molecule has 1 heterocycles. The first-order valence-corrected chi connectivity index (χ1v) is 9.82. The number of benzene rings is 1. The van der Waals surface area contributed by atoms with Gasteiger partial charge < -0.3 is 24.6 Å². The van der Waals surface area contributed by atoms with E-state index in [0.29, 0.717) is 36.9 Å². The second kappa shape index (κ2) is 10.8. The Labute approximate surface area is 161 Å². The molecule has 1 fully saturated rings. The molecule has 7 nitrogen and oxygen atoms in total. The lowest BCUT2D eigenvalue weighted by molar-refractivity contribution is -0.862. The van der Waals surface area contributed by atoms with E-state index >= 15 is 0 Å². The third-order valence-electron chi connectivity index (χ3n) is 4.45. The number of hydrogen-bond acceptors (Lipinski definition) is 4. The van der Waals surface area contributed by atoms with Crippen molar-refractivity contribution >= 4 is 17.5 Å². The Morgan fingerprint density at radius 3 is 2.37 bits per heavy atom. The smallest absolute Gasteiger partial charge is 0.279 e. The maximum atomic E-state index is 12.3. The molecule has 27 heavy (non-hydrogen) atoms. The van der Waals surface area contributed by atoms with Gasteiger partial charge in [-0.05, 0) is 45.2 Å². The van der Waals surface area contributed by atoms with E-state index in [2.05, 4.69) is 5.32 Å². The Hall–Kier alpha value is -2.28. The number of ether oxygens (including phenoxy) is 2. The lowest BCUT2D eigenvalue weighted by atomic mass is 10.1. The van der Waals surface area contributed by atoms with Crippen LogP contribution >= 0.6 is 0 Å². The van der Waals surface area contributed by atoms with E-state index in [0.717, 1.165) is 30.8 Å². The second-order valence-electron chi connectivity index (χ2n) is 6.83. The number of rotatable bonds is 9. The topological polar surface area (TPSA) is 72.3 Å². The number of quaternary nitrogens is 1. The zero-order valence-corrected chi connectivity index (χ0v) is 16.7. The number of nitrogens with zero attached hydrogens (tertiary/aromatic N) is 1. The third-order valence-corrected chi connectivity index (χ3v) is 4.45. The molecule has 1 aromatic carbocycles. The van der Waals surface area contributed by atoms with Crippen LogP contribution in [0.1, 0.15) is 33.1 Å². The van der Waals surface area contributed by atoms with E-state index in [9.17, 15) is 9.59 Å². The molecule has 1 aromatic rings. The van der Waals surface area contributed by atoms with Gasteiger partial charge in [-0.2, -0.15) is 0 Å². The SMILES string of the molecule is CCOc1ccc(NC(=O)C[NH+](C)CC(=O)N2CCCCC2)cc1OCC. The van der Waals surface area contributed by atoms with Crippen molar-refractivity contribution in [2.75, 3.05) is 51.8 Å². The zero-order chi connectivity index (χ0) is 19.6. The van der Waals surface area contributed by atoms with Crippen molar-refractivity contribution in [1.82, 2.24) is 4.90 Å². The van der Waals surface area contributed by atoms with Crippen molar-refractivity contribution in [1.29, 1.82) is 0 Å². The summed E-state index contributed by atoms with van der Waals surface area (Å²) in [7, 11) is 1.87. The minimum Gasteiger partial charge on any atom is -0.490 e. The molecule has 0 radical (unpaired) electrons. The molecule has 2 rings (SSSR count). The number of hydrogen-bond donors (Lipinski definition) is 2. The highest BCUT2D eigenvalue weighted by Gasteiger charge is 2.21. The number of likely N-dealkylation sites (tertiary alicyclic amines) is 1. The van der Waals surface area contributed by atoms with Gasteiger partial charge >= 0.3 is 0 Å². The van der Waals surface area contributed by atoms with Crippen molar-refractivity contribution in [2.24, 2.45) is 0 Å². The molecule has 1 aliphatic heterocycles. The Morgan fingerprint density at radius 2 is 1.70 bits per heavy atom. The van der Waals surface area contributed by atoms with E-state index in [1.54, 1.807) is 18.2 Å². The van der Waals surface area contributed by atoms with E-state index < -0.39 is 0 Å². The van der Waals surface area contributed by atoms with Gasteiger partial charge in [-0.15, -0.1) is 0 Å². The highest BCUT2D eigenvalue weighted by atomic mass is 16.5. The lowest BCUT2D eigenvalue weighted by Gasteiger charge is -2.27. The van der Waals surface area contributed by atoms with E-state index in [1.165, 1.54) is 6.42 Å². The van der Waals surface area contributed by atoms with E-state index in [1.807, 2.05) is 25.8 Å². The summed E-state index contributed by atoms with van der Waals surface area (Å²) in [5.74, 6) is 1.26. The second-order valence-corrected chi connectivity index (χ2v) is 6.83. The summed E-state index contributed by atoms with van der Waals surface area (Å²) in [6.45, 7) is 7.12. The highest BCUT2D eigenvalue weighted by Crippen LogP contribution is 2.30. The average Bonchev–Trinajstić information content (AvgIpc) is 2.64. The first-order valence-electron chi connectivity index (χ1n) is 9.82. The molecule has 1 atom stereocenters. The van der Waals surface area contributed by atoms with Crippen LogP contribution in [-0.2, 0) is 9.59 Å². The summed E-state index contributed by atoms with van der Waals surface area (Å²) >= 11 is 0. The summed E-state index contributed by atoms with van der Waals surface area (Å²) in [4.78, 5) is 27.4. The predicted molar refractivity (Wildman–Crippen MR) is 104 cm³/mol. The largest absolute Gasteiger partial charge is 0.490 e.